The van der Waals surface area contributed by atoms with Crippen molar-refractivity contribution in [1.29, 1.82) is 0 Å². The number of rotatable bonds is 4. The van der Waals surface area contributed by atoms with E-state index < -0.39 is 0 Å². The molecular formula is C15H16BrN3. The van der Waals surface area contributed by atoms with Gasteiger partial charge in [-0.3, -0.25) is 0 Å². The third-order valence-electron chi connectivity index (χ3n) is 3.19. The molecule has 19 heavy (non-hydrogen) atoms. The van der Waals surface area contributed by atoms with Crippen molar-refractivity contribution < 1.29 is 0 Å². The highest BCUT2D eigenvalue weighted by molar-refractivity contribution is 9.10. The van der Waals surface area contributed by atoms with Crippen LogP contribution in [0.25, 0.3) is 11.3 Å². The van der Waals surface area contributed by atoms with Crippen LogP contribution in [-0.4, -0.2) is 16.5 Å². The normalized spacial score (nSPS) is 14.4. The van der Waals surface area contributed by atoms with Crippen molar-refractivity contribution in [2.75, 3.05) is 11.9 Å². The Hall–Kier alpha value is -1.42. The molecule has 1 fully saturated rings. The van der Waals surface area contributed by atoms with E-state index in [1.54, 1.807) is 0 Å². The SMILES string of the molecule is CCNc1cc(-c2ccccc2Br)nc(C2CC2)n1. The average Bonchev–Trinajstić information content (AvgIpc) is 3.23. The average molecular weight is 318 g/mol. The predicted octanol–water partition coefficient (Wildman–Crippen LogP) is 4.22. The minimum Gasteiger partial charge on any atom is -0.370 e. The molecule has 1 aromatic heterocycles. The Morgan fingerprint density at radius 1 is 1.26 bits per heavy atom. The Labute approximate surface area is 121 Å². The van der Waals surface area contributed by atoms with Crippen LogP contribution >= 0.6 is 15.9 Å². The summed E-state index contributed by atoms with van der Waals surface area (Å²) in [5, 5.41) is 3.29. The van der Waals surface area contributed by atoms with Crippen LogP contribution in [-0.2, 0) is 0 Å². The van der Waals surface area contributed by atoms with Crippen molar-refractivity contribution in [3.63, 3.8) is 0 Å². The van der Waals surface area contributed by atoms with E-state index in [0.29, 0.717) is 5.92 Å². The quantitative estimate of drug-likeness (QED) is 0.917. The van der Waals surface area contributed by atoms with E-state index >= 15 is 0 Å². The first-order valence-electron chi connectivity index (χ1n) is 6.65. The number of hydrogen-bond donors (Lipinski definition) is 1. The van der Waals surface area contributed by atoms with Crippen LogP contribution in [0.4, 0.5) is 5.82 Å². The van der Waals surface area contributed by atoms with E-state index in [1.165, 1.54) is 12.8 Å². The Bertz CT molecular complexity index is 594. The summed E-state index contributed by atoms with van der Waals surface area (Å²) in [6.45, 7) is 2.95. The molecule has 1 aliphatic rings. The van der Waals surface area contributed by atoms with Crippen molar-refractivity contribution in [3.8, 4) is 11.3 Å². The van der Waals surface area contributed by atoms with Crippen LogP contribution in [0, 0.1) is 0 Å². The van der Waals surface area contributed by atoms with Crippen LogP contribution in [0.3, 0.4) is 0 Å². The highest BCUT2D eigenvalue weighted by atomic mass is 79.9. The Kier molecular flexibility index (Phi) is 3.51. The molecule has 98 valence electrons. The van der Waals surface area contributed by atoms with Crippen LogP contribution in [0.1, 0.15) is 31.5 Å². The lowest BCUT2D eigenvalue weighted by molar-refractivity contribution is 0.927. The minimum atomic E-state index is 0.555. The van der Waals surface area contributed by atoms with Crippen molar-refractivity contribution in [2.45, 2.75) is 25.7 Å². The molecule has 0 bridgehead atoms. The first-order chi connectivity index (χ1) is 9.28. The predicted molar refractivity (Wildman–Crippen MR) is 81.3 cm³/mol. The minimum absolute atomic E-state index is 0.555. The van der Waals surface area contributed by atoms with Gasteiger partial charge in [0.1, 0.15) is 11.6 Å². The number of hydrogen-bond acceptors (Lipinski definition) is 3. The van der Waals surface area contributed by atoms with E-state index in [2.05, 4.69) is 39.2 Å². The summed E-state index contributed by atoms with van der Waals surface area (Å²) in [5.74, 6) is 2.45. The lowest BCUT2D eigenvalue weighted by Gasteiger charge is -2.09. The molecule has 1 saturated carbocycles. The van der Waals surface area contributed by atoms with Gasteiger partial charge < -0.3 is 5.32 Å². The standard InChI is InChI=1S/C15H16BrN3/c1-2-17-14-9-13(11-5-3-4-6-12(11)16)18-15(19-14)10-7-8-10/h3-6,9-10H,2,7-8H2,1H3,(H,17,18,19). The fourth-order valence-corrected chi connectivity index (χ4v) is 2.56. The zero-order valence-corrected chi connectivity index (χ0v) is 12.4. The zero-order chi connectivity index (χ0) is 13.2. The summed E-state index contributed by atoms with van der Waals surface area (Å²) in [6.07, 6.45) is 2.43. The number of halogens is 1. The van der Waals surface area contributed by atoms with Crippen molar-refractivity contribution in [2.24, 2.45) is 0 Å². The van der Waals surface area contributed by atoms with Crippen molar-refractivity contribution in [1.82, 2.24) is 9.97 Å². The fraction of sp³-hybridized carbons (Fsp3) is 0.333. The summed E-state index contributed by atoms with van der Waals surface area (Å²) < 4.78 is 1.07. The summed E-state index contributed by atoms with van der Waals surface area (Å²) in [7, 11) is 0. The molecule has 0 radical (unpaired) electrons. The first kappa shape index (κ1) is 12.6. The molecule has 0 aliphatic heterocycles. The summed E-state index contributed by atoms with van der Waals surface area (Å²) in [5.41, 5.74) is 2.10. The highest BCUT2D eigenvalue weighted by Gasteiger charge is 2.27. The van der Waals surface area contributed by atoms with Gasteiger partial charge in [-0.1, -0.05) is 34.1 Å². The maximum atomic E-state index is 4.73. The lowest BCUT2D eigenvalue weighted by Crippen LogP contribution is -2.04. The van der Waals surface area contributed by atoms with Gasteiger partial charge in [0.05, 0.1) is 5.69 Å². The zero-order valence-electron chi connectivity index (χ0n) is 10.9. The molecule has 3 nitrogen and oxygen atoms in total. The molecule has 3 rings (SSSR count). The van der Waals surface area contributed by atoms with E-state index in [9.17, 15) is 0 Å². The molecule has 1 aromatic carbocycles. The van der Waals surface area contributed by atoms with E-state index in [1.807, 2.05) is 24.3 Å². The van der Waals surface area contributed by atoms with Crippen LogP contribution in [0.5, 0.6) is 0 Å². The summed E-state index contributed by atoms with van der Waals surface area (Å²) in [4.78, 5) is 9.33. The lowest BCUT2D eigenvalue weighted by atomic mass is 10.1. The number of aromatic nitrogens is 2. The second-order valence-corrected chi connectivity index (χ2v) is 5.64. The third-order valence-corrected chi connectivity index (χ3v) is 3.89. The number of benzene rings is 1. The second kappa shape index (κ2) is 5.29. The van der Waals surface area contributed by atoms with Gasteiger partial charge in [-0.25, -0.2) is 9.97 Å². The number of anilines is 1. The molecule has 1 aliphatic carbocycles. The second-order valence-electron chi connectivity index (χ2n) is 4.78. The maximum absolute atomic E-state index is 4.73. The van der Waals surface area contributed by atoms with Gasteiger partial charge in [0, 0.05) is 28.6 Å². The molecule has 0 spiro atoms. The summed E-state index contributed by atoms with van der Waals surface area (Å²) in [6, 6.07) is 10.2. The molecule has 0 atom stereocenters. The van der Waals surface area contributed by atoms with Crippen molar-refractivity contribution in [3.05, 3.63) is 40.6 Å². The number of nitrogens with one attached hydrogen (secondary N) is 1. The smallest absolute Gasteiger partial charge is 0.134 e. The van der Waals surface area contributed by atoms with Gasteiger partial charge in [-0.15, -0.1) is 0 Å². The van der Waals surface area contributed by atoms with E-state index in [-0.39, 0.29) is 0 Å². The molecule has 1 N–H and O–H groups in total. The van der Waals surface area contributed by atoms with Gasteiger partial charge in [-0.2, -0.15) is 0 Å². The van der Waals surface area contributed by atoms with Crippen LogP contribution in [0.2, 0.25) is 0 Å². The Morgan fingerprint density at radius 2 is 2.05 bits per heavy atom. The van der Waals surface area contributed by atoms with Crippen LogP contribution in [0.15, 0.2) is 34.8 Å². The largest absolute Gasteiger partial charge is 0.370 e. The highest BCUT2D eigenvalue weighted by Crippen LogP contribution is 2.39. The van der Waals surface area contributed by atoms with Gasteiger partial charge in [-0.05, 0) is 25.8 Å². The molecule has 2 aromatic rings. The molecule has 1 heterocycles. The molecule has 0 unspecified atom stereocenters. The van der Waals surface area contributed by atoms with Crippen molar-refractivity contribution >= 4 is 21.7 Å². The van der Waals surface area contributed by atoms with E-state index in [4.69, 9.17) is 4.98 Å². The first-order valence-corrected chi connectivity index (χ1v) is 7.45. The molecule has 0 saturated heterocycles. The number of nitrogens with zero attached hydrogens (tertiary/aromatic N) is 2. The van der Waals surface area contributed by atoms with Crippen LogP contribution < -0.4 is 5.32 Å². The molecular weight excluding hydrogens is 302 g/mol. The monoisotopic (exact) mass is 317 g/mol. The molecule has 4 heteroatoms. The van der Waals surface area contributed by atoms with E-state index in [0.717, 1.165) is 33.9 Å². The third kappa shape index (κ3) is 2.78. The topological polar surface area (TPSA) is 37.8 Å². The summed E-state index contributed by atoms with van der Waals surface area (Å²) >= 11 is 3.59. The Balaban J connectivity index is 2.06. The van der Waals surface area contributed by atoms with Gasteiger partial charge in [0.25, 0.3) is 0 Å². The maximum Gasteiger partial charge on any atom is 0.134 e. The fourth-order valence-electron chi connectivity index (χ4n) is 2.07. The van der Waals surface area contributed by atoms with Gasteiger partial charge in [0.2, 0.25) is 0 Å². The van der Waals surface area contributed by atoms with Gasteiger partial charge in [0.15, 0.2) is 0 Å². The Morgan fingerprint density at radius 3 is 2.74 bits per heavy atom. The molecule has 0 amide bonds. The van der Waals surface area contributed by atoms with Gasteiger partial charge >= 0.3 is 0 Å².